The van der Waals surface area contributed by atoms with Gasteiger partial charge in [0.2, 0.25) is 0 Å². The van der Waals surface area contributed by atoms with Crippen molar-refractivity contribution in [3.05, 3.63) is 67.1 Å². The summed E-state index contributed by atoms with van der Waals surface area (Å²) >= 11 is 0. The van der Waals surface area contributed by atoms with Crippen molar-refractivity contribution in [3.8, 4) is 22.6 Å². The average molecular weight is 423 g/mol. The molecule has 1 fully saturated rings. The number of piperazine rings is 1. The first-order valence-electron chi connectivity index (χ1n) is 10.6. The van der Waals surface area contributed by atoms with Crippen LogP contribution in [0.4, 0.5) is 10.2 Å². The Labute approximate surface area is 182 Å². The molecule has 1 saturated heterocycles. The summed E-state index contributed by atoms with van der Waals surface area (Å²) in [6.45, 7) is 4.86. The van der Waals surface area contributed by atoms with Crippen molar-refractivity contribution in [2.24, 2.45) is 0 Å². The van der Waals surface area contributed by atoms with E-state index in [4.69, 9.17) is 9.47 Å². The molecule has 162 valence electrons. The molecule has 0 atom stereocenters. The van der Waals surface area contributed by atoms with Crippen LogP contribution < -0.4 is 14.4 Å². The fraction of sp³-hybridized carbons (Fsp3) is 0.333. The first-order chi connectivity index (χ1) is 15.3. The van der Waals surface area contributed by atoms with E-state index >= 15 is 0 Å². The first kappa shape index (κ1) is 21.1. The summed E-state index contributed by atoms with van der Waals surface area (Å²) in [4.78, 5) is 13.5. The van der Waals surface area contributed by atoms with Crippen molar-refractivity contribution >= 4 is 5.82 Å². The molecule has 1 aliphatic heterocycles. The van der Waals surface area contributed by atoms with Crippen LogP contribution in [0.2, 0.25) is 0 Å². The minimum Gasteiger partial charge on any atom is -0.492 e. The number of hydrogen-bond acceptors (Lipinski definition) is 6. The molecule has 31 heavy (non-hydrogen) atoms. The number of benzene rings is 1. The number of alkyl halides is 1. The van der Waals surface area contributed by atoms with Gasteiger partial charge in [0, 0.05) is 56.9 Å². The Bertz CT molecular complexity index is 932. The molecule has 3 heterocycles. The minimum absolute atomic E-state index is 0.0781. The highest BCUT2D eigenvalue weighted by Gasteiger charge is 2.20. The van der Waals surface area contributed by atoms with Gasteiger partial charge in [0.1, 0.15) is 37.2 Å². The van der Waals surface area contributed by atoms with Gasteiger partial charge in [0.25, 0.3) is 0 Å². The molecular formula is C24H27FN4O2. The van der Waals surface area contributed by atoms with E-state index in [-0.39, 0.29) is 6.61 Å². The third-order valence-corrected chi connectivity index (χ3v) is 5.30. The predicted octanol–water partition coefficient (Wildman–Crippen LogP) is 3.69. The van der Waals surface area contributed by atoms with E-state index < -0.39 is 6.67 Å². The average Bonchev–Trinajstić information content (AvgIpc) is 2.84. The van der Waals surface area contributed by atoms with E-state index in [0.717, 1.165) is 55.4 Å². The van der Waals surface area contributed by atoms with Crippen molar-refractivity contribution in [3.63, 3.8) is 0 Å². The molecular weight excluding hydrogens is 395 g/mol. The smallest absolute Gasteiger partial charge is 0.136 e. The van der Waals surface area contributed by atoms with Gasteiger partial charge in [0.15, 0.2) is 0 Å². The lowest BCUT2D eigenvalue weighted by atomic mass is 10.1. The maximum atomic E-state index is 12.2. The second-order valence-electron chi connectivity index (χ2n) is 7.30. The summed E-state index contributed by atoms with van der Waals surface area (Å²) in [5.41, 5.74) is 2.27. The molecule has 2 aromatic heterocycles. The molecule has 0 amide bonds. The van der Waals surface area contributed by atoms with Gasteiger partial charge in [-0.15, -0.1) is 0 Å². The molecule has 1 aliphatic rings. The van der Waals surface area contributed by atoms with Crippen molar-refractivity contribution in [1.82, 2.24) is 14.9 Å². The summed E-state index contributed by atoms with van der Waals surface area (Å²) in [6.07, 6.45) is 5.48. The number of aromatic nitrogens is 2. The zero-order chi connectivity index (χ0) is 21.3. The van der Waals surface area contributed by atoms with Crippen molar-refractivity contribution < 1.29 is 13.9 Å². The SMILES string of the molecule is FCCOc1ccc(OCCN2CCN(c3ncccc3-c3ccncc3)CC2)cc1. The van der Waals surface area contributed by atoms with Gasteiger partial charge in [-0.3, -0.25) is 9.88 Å². The second-order valence-corrected chi connectivity index (χ2v) is 7.30. The molecule has 3 aromatic rings. The molecule has 0 radical (unpaired) electrons. The van der Waals surface area contributed by atoms with Crippen molar-refractivity contribution in [2.45, 2.75) is 0 Å². The van der Waals surface area contributed by atoms with Crippen LogP contribution in [0, 0.1) is 0 Å². The summed E-state index contributed by atoms with van der Waals surface area (Å²) in [7, 11) is 0. The highest BCUT2D eigenvalue weighted by Crippen LogP contribution is 2.28. The molecule has 0 aliphatic carbocycles. The molecule has 1 aromatic carbocycles. The highest BCUT2D eigenvalue weighted by atomic mass is 19.1. The Hall–Kier alpha value is -3.19. The predicted molar refractivity (Wildman–Crippen MR) is 120 cm³/mol. The second kappa shape index (κ2) is 10.7. The van der Waals surface area contributed by atoms with Gasteiger partial charge >= 0.3 is 0 Å². The van der Waals surface area contributed by atoms with Crippen LogP contribution >= 0.6 is 0 Å². The number of nitrogens with zero attached hydrogens (tertiary/aromatic N) is 4. The number of ether oxygens (including phenoxy) is 2. The fourth-order valence-corrected chi connectivity index (χ4v) is 3.67. The lowest BCUT2D eigenvalue weighted by molar-refractivity contribution is 0.200. The van der Waals surface area contributed by atoms with Crippen LogP contribution in [0.15, 0.2) is 67.1 Å². The zero-order valence-electron chi connectivity index (χ0n) is 17.5. The lowest BCUT2D eigenvalue weighted by Crippen LogP contribution is -2.47. The Morgan fingerprint density at radius 3 is 2.16 bits per heavy atom. The van der Waals surface area contributed by atoms with Crippen LogP contribution in [-0.4, -0.2) is 67.5 Å². The number of rotatable bonds is 9. The fourth-order valence-electron chi connectivity index (χ4n) is 3.67. The molecule has 0 spiro atoms. The van der Waals surface area contributed by atoms with Crippen LogP contribution in [-0.2, 0) is 0 Å². The number of hydrogen-bond donors (Lipinski definition) is 0. The normalized spacial score (nSPS) is 14.4. The minimum atomic E-state index is -0.489. The summed E-state index contributed by atoms with van der Waals surface area (Å²) < 4.78 is 23.3. The topological polar surface area (TPSA) is 50.7 Å². The molecule has 4 rings (SSSR count). The van der Waals surface area contributed by atoms with E-state index in [1.807, 2.05) is 48.9 Å². The van der Waals surface area contributed by atoms with Gasteiger partial charge in [-0.05, 0) is 54.1 Å². The largest absolute Gasteiger partial charge is 0.492 e. The Kier molecular flexibility index (Phi) is 7.28. The third-order valence-electron chi connectivity index (χ3n) is 5.30. The van der Waals surface area contributed by atoms with Crippen LogP contribution in [0.5, 0.6) is 11.5 Å². The summed E-state index contributed by atoms with van der Waals surface area (Å²) in [5, 5.41) is 0. The summed E-state index contributed by atoms with van der Waals surface area (Å²) in [6, 6.07) is 15.5. The Morgan fingerprint density at radius 1 is 0.806 bits per heavy atom. The highest BCUT2D eigenvalue weighted by molar-refractivity contribution is 5.75. The lowest BCUT2D eigenvalue weighted by Gasteiger charge is -2.36. The maximum Gasteiger partial charge on any atom is 0.136 e. The Balaban J connectivity index is 1.25. The van der Waals surface area contributed by atoms with Crippen LogP contribution in [0.3, 0.4) is 0 Å². The van der Waals surface area contributed by atoms with E-state index in [0.29, 0.717) is 12.4 Å². The van der Waals surface area contributed by atoms with E-state index in [9.17, 15) is 4.39 Å². The third kappa shape index (κ3) is 5.70. The van der Waals surface area contributed by atoms with Gasteiger partial charge in [-0.2, -0.15) is 0 Å². The molecule has 0 bridgehead atoms. The van der Waals surface area contributed by atoms with Crippen molar-refractivity contribution in [1.29, 1.82) is 0 Å². The molecule has 0 N–H and O–H groups in total. The van der Waals surface area contributed by atoms with Crippen molar-refractivity contribution in [2.75, 3.05) is 57.5 Å². The number of pyridine rings is 2. The molecule has 7 heteroatoms. The van der Waals surface area contributed by atoms with E-state index in [1.165, 1.54) is 0 Å². The number of halogens is 1. The number of anilines is 1. The van der Waals surface area contributed by atoms with Crippen LogP contribution in [0.25, 0.3) is 11.1 Å². The van der Waals surface area contributed by atoms with Crippen LogP contribution in [0.1, 0.15) is 0 Å². The van der Waals surface area contributed by atoms with Gasteiger partial charge in [-0.25, -0.2) is 9.37 Å². The van der Waals surface area contributed by atoms with Gasteiger partial charge in [-0.1, -0.05) is 0 Å². The van der Waals surface area contributed by atoms with E-state index in [1.54, 1.807) is 12.1 Å². The van der Waals surface area contributed by atoms with Gasteiger partial charge < -0.3 is 14.4 Å². The monoisotopic (exact) mass is 422 g/mol. The first-order valence-corrected chi connectivity index (χ1v) is 10.6. The van der Waals surface area contributed by atoms with Gasteiger partial charge in [0.05, 0.1) is 0 Å². The Morgan fingerprint density at radius 2 is 1.48 bits per heavy atom. The molecule has 0 unspecified atom stereocenters. The quantitative estimate of drug-likeness (QED) is 0.524. The zero-order valence-corrected chi connectivity index (χ0v) is 17.5. The van der Waals surface area contributed by atoms with E-state index in [2.05, 4.69) is 25.8 Å². The molecule has 6 nitrogen and oxygen atoms in total. The summed E-state index contributed by atoms with van der Waals surface area (Å²) in [5.74, 6) is 2.48. The maximum absolute atomic E-state index is 12.2. The standard InChI is InChI=1S/C24H27FN4O2/c25-9-18-30-21-3-5-22(6-4-21)31-19-17-28-13-15-29(16-14-28)24-23(2-1-10-27-24)20-7-11-26-12-8-20/h1-8,10-12H,9,13-19H2. The molecule has 0 saturated carbocycles.